The molecule has 1 aliphatic heterocycles. The van der Waals surface area contributed by atoms with E-state index in [1.54, 1.807) is 6.08 Å². The minimum absolute atomic E-state index is 0.0242. The van der Waals surface area contributed by atoms with Crippen molar-refractivity contribution in [3.63, 3.8) is 0 Å². The Morgan fingerprint density at radius 3 is 2.43 bits per heavy atom. The molecule has 1 aromatic carbocycles. The molecule has 6 atom stereocenters. The molecule has 2 rings (SSSR count). The molecule has 1 aromatic rings. The highest BCUT2D eigenvalue weighted by Crippen LogP contribution is 2.18. The molecule has 0 bridgehead atoms. The number of aliphatic hydroxyl groups excluding tert-OH is 3. The molecule has 2 amide bonds. The smallest absolute Gasteiger partial charge is 0.252 e. The van der Waals surface area contributed by atoms with E-state index >= 15 is 0 Å². The average molecular weight is 499 g/mol. The van der Waals surface area contributed by atoms with Crippen molar-refractivity contribution in [2.75, 3.05) is 13.7 Å². The van der Waals surface area contributed by atoms with Gasteiger partial charge in [0.2, 0.25) is 5.91 Å². The molecular formula is C25H36F2N2O6. The highest BCUT2D eigenvalue weighted by molar-refractivity contribution is 5.89. The van der Waals surface area contributed by atoms with Crippen LogP contribution in [-0.4, -0.2) is 76.1 Å². The fraction of sp³-hybridized carbons (Fsp3) is 0.600. The third-order valence-electron chi connectivity index (χ3n) is 6.20. The van der Waals surface area contributed by atoms with Crippen LogP contribution < -0.4 is 5.32 Å². The topological polar surface area (TPSA) is 119 Å². The molecule has 0 aromatic heterocycles. The van der Waals surface area contributed by atoms with Gasteiger partial charge in [-0.1, -0.05) is 32.4 Å². The van der Waals surface area contributed by atoms with Crippen LogP contribution in [0, 0.1) is 17.6 Å². The van der Waals surface area contributed by atoms with Crippen molar-refractivity contribution in [1.29, 1.82) is 0 Å². The summed E-state index contributed by atoms with van der Waals surface area (Å²) in [6.07, 6.45) is -0.963. The summed E-state index contributed by atoms with van der Waals surface area (Å²) in [6, 6.07) is 2.10. The second-order valence-corrected chi connectivity index (χ2v) is 8.99. The number of methoxy groups -OCH3 is 1. The summed E-state index contributed by atoms with van der Waals surface area (Å²) in [6.45, 7) is 4.22. The molecule has 1 aliphatic rings. The lowest BCUT2D eigenvalue weighted by molar-refractivity contribution is -0.151. The minimum Gasteiger partial charge on any atom is -0.387 e. The van der Waals surface area contributed by atoms with E-state index in [-0.39, 0.29) is 18.0 Å². The number of allylic oxidation sites excluding steroid dienone is 1. The molecule has 35 heavy (non-hydrogen) atoms. The Morgan fingerprint density at radius 2 is 1.83 bits per heavy atom. The van der Waals surface area contributed by atoms with Crippen LogP contribution in [0.3, 0.4) is 0 Å². The van der Waals surface area contributed by atoms with Gasteiger partial charge in [-0.3, -0.25) is 9.59 Å². The summed E-state index contributed by atoms with van der Waals surface area (Å²) in [5.41, 5.74) is 0.288. The number of hydrogen-bond donors (Lipinski definition) is 4. The van der Waals surface area contributed by atoms with E-state index in [4.69, 9.17) is 4.74 Å². The monoisotopic (exact) mass is 498 g/mol. The van der Waals surface area contributed by atoms with Gasteiger partial charge >= 0.3 is 0 Å². The molecule has 1 fully saturated rings. The Morgan fingerprint density at radius 1 is 1.17 bits per heavy atom. The highest BCUT2D eigenvalue weighted by atomic mass is 19.1. The third-order valence-corrected chi connectivity index (χ3v) is 6.20. The largest absolute Gasteiger partial charge is 0.387 e. The summed E-state index contributed by atoms with van der Waals surface area (Å²) in [5, 5.41) is 33.6. The van der Waals surface area contributed by atoms with Crippen molar-refractivity contribution < 1.29 is 38.4 Å². The zero-order valence-corrected chi connectivity index (χ0v) is 20.4. The fourth-order valence-electron chi connectivity index (χ4n) is 3.91. The van der Waals surface area contributed by atoms with Gasteiger partial charge in [-0.25, -0.2) is 8.78 Å². The summed E-state index contributed by atoms with van der Waals surface area (Å²) < 4.78 is 32.2. The van der Waals surface area contributed by atoms with Gasteiger partial charge in [0, 0.05) is 26.3 Å². The second-order valence-electron chi connectivity index (χ2n) is 8.99. The van der Waals surface area contributed by atoms with Crippen LogP contribution in [0.5, 0.6) is 0 Å². The van der Waals surface area contributed by atoms with Crippen LogP contribution >= 0.6 is 0 Å². The Hall–Kier alpha value is -2.40. The van der Waals surface area contributed by atoms with Gasteiger partial charge in [0.25, 0.3) is 5.91 Å². The molecule has 196 valence electrons. The Kier molecular flexibility index (Phi) is 11.2. The van der Waals surface area contributed by atoms with Crippen molar-refractivity contribution in [2.45, 2.75) is 76.5 Å². The van der Waals surface area contributed by atoms with E-state index in [0.29, 0.717) is 25.8 Å². The zero-order valence-electron chi connectivity index (χ0n) is 20.4. The molecule has 1 heterocycles. The normalized spacial score (nSPS) is 21.3. The summed E-state index contributed by atoms with van der Waals surface area (Å²) >= 11 is 0. The zero-order chi connectivity index (χ0) is 26.1. The van der Waals surface area contributed by atoms with Crippen LogP contribution in [0.1, 0.15) is 45.1 Å². The number of amides is 2. The first-order valence-corrected chi connectivity index (χ1v) is 11.9. The van der Waals surface area contributed by atoms with Crippen molar-refractivity contribution >= 4 is 11.8 Å². The third kappa shape index (κ3) is 8.34. The van der Waals surface area contributed by atoms with Crippen LogP contribution in [0.15, 0.2) is 30.4 Å². The molecule has 0 radical (unpaired) electrons. The number of nitrogens with one attached hydrogen (secondary N) is 1. The molecule has 10 heteroatoms. The minimum atomic E-state index is -1.76. The van der Waals surface area contributed by atoms with Crippen LogP contribution in [0.2, 0.25) is 0 Å². The predicted octanol–water partition coefficient (Wildman–Crippen LogP) is 1.66. The van der Waals surface area contributed by atoms with Gasteiger partial charge < -0.3 is 30.3 Å². The van der Waals surface area contributed by atoms with Crippen LogP contribution in [-0.2, 0) is 20.9 Å². The number of likely N-dealkylation sites (tertiary alicyclic amines) is 1. The standard InChI is InChI=1S/C25H36F2N2O6/c1-4-15(2)8-9-20(30)21(31)22(32)23(35-3)24(33)28-19-7-5-6-10-29(25(19)34)14-16-11-17(26)13-18(27)12-16/h8-9,11-13,15,19-23,30-32H,4-7,10,14H2,1-3H3,(H,28,33)/t15?,19-,20+,21-,22+,23+/m0/s1. The number of ether oxygens (including phenoxy) is 1. The van der Waals surface area contributed by atoms with E-state index in [9.17, 15) is 33.7 Å². The lowest BCUT2D eigenvalue weighted by atomic mass is 9.99. The molecule has 8 nitrogen and oxygen atoms in total. The number of nitrogens with zero attached hydrogens (tertiary/aromatic N) is 1. The molecule has 0 aliphatic carbocycles. The van der Waals surface area contributed by atoms with Crippen LogP contribution in [0.25, 0.3) is 0 Å². The lowest BCUT2D eigenvalue weighted by Gasteiger charge is -2.29. The van der Waals surface area contributed by atoms with E-state index in [1.165, 1.54) is 18.1 Å². The maximum Gasteiger partial charge on any atom is 0.252 e. The average Bonchev–Trinajstić information content (AvgIpc) is 2.97. The van der Waals surface area contributed by atoms with Gasteiger partial charge in [0.05, 0.1) is 0 Å². The molecular weight excluding hydrogens is 462 g/mol. The summed E-state index contributed by atoms with van der Waals surface area (Å²) in [7, 11) is 1.17. The first-order chi connectivity index (χ1) is 16.6. The Labute approximate surface area is 204 Å². The van der Waals surface area contributed by atoms with Gasteiger partial charge in [-0.15, -0.1) is 0 Å². The fourth-order valence-corrected chi connectivity index (χ4v) is 3.91. The van der Waals surface area contributed by atoms with E-state index in [0.717, 1.165) is 24.6 Å². The first kappa shape index (κ1) is 28.8. The molecule has 1 saturated heterocycles. The quantitative estimate of drug-likeness (QED) is 0.345. The van der Waals surface area contributed by atoms with Gasteiger partial charge in [-0.05, 0) is 42.9 Å². The van der Waals surface area contributed by atoms with Gasteiger partial charge in [-0.2, -0.15) is 0 Å². The van der Waals surface area contributed by atoms with E-state index in [2.05, 4.69) is 5.32 Å². The molecule has 0 saturated carbocycles. The molecule has 1 unspecified atom stereocenters. The predicted molar refractivity (Wildman–Crippen MR) is 125 cm³/mol. The van der Waals surface area contributed by atoms with Gasteiger partial charge in [0.1, 0.15) is 36.0 Å². The molecule has 0 spiro atoms. The van der Waals surface area contributed by atoms with Crippen molar-refractivity contribution in [3.8, 4) is 0 Å². The van der Waals surface area contributed by atoms with Crippen LogP contribution in [0.4, 0.5) is 8.78 Å². The maximum absolute atomic E-state index is 13.6. The Bertz CT molecular complexity index is 863. The number of rotatable bonds is 11. The van der Waals surface area contributed by atoms with E-state index in [1.807, 2.05) is 13.8 Å². The summed E-state index contributed by atoms with van der Waals surface area (Å²) in [5.74, 6) is -2.59. The van der Waals surface area contributed by atoms with Gasteiger partial charge in [0.15, 0.2) is 6.10 Å². The first-order valence-electron chi connectivity index (χ1n) is 11.9. The SMILES string of the molecule is CCC(C)C=C[C@@H](O)[C@H](O)[C@@H](O)[C@@H](OC)C(=O)N[C@H]1CCCCN(Cc2cc(F)cc(F)c2)C1=O. The summed E-state index contributed by atoms with van der Waals surface area (Å²) in [4.78, 5) is 27.4. The number of benzene rings is 1. The second kappa shape index (κ2) is 13.6. The highest BCUT2D eigenvalue weighted by Gasteiger charge is 2.37. The number of halogens is 2. The Balaban J connectivity index is 2.07. The number of aliphatic hydroxyl groups is 3. The van der Waals surface area contributed by atoms with Crippen molar-refractivity contribution in [1.82, 2.24) is 10.2 Å². The number of hydrogen-bond acceptors (Lipinski definition) is 6. The van der Waals surface area contributed by atoms with Crippen molar-refractivity contribution in [3.05, 3.63) is 47.5 Å². The van der Waals surface area contributed by atoms with Crippen molar-refractivity contribution in [2.24, 2.45) is 5.92 Å². The van der Waals surface area contributed by atoms with E-state index < -0.39 is 53.9 Å². The lowest BCUT2D eigenvalue weighted by Crippen LogP contribution is -2.55. The number of carbonyl (C=O) groups is 2. The number of carbonyl (C=O) groups excluding carboxylic acids is 2. The maximum atomic E-state index is 13.6. The molecule has 4 N–H and O–H groups in total.